The summed E-state index contributed by atoms with van der Waals surface area (Å²) < 4.78 is 10.9. The van der Waals surface area contributed by atoms with Crippen molar-refractivity contribution in [3.05, 3.63) is 71.3 Å². The van der Waals surface area contributed by atoms with Gasteiger partial charge in [-0.25, -0.2) is 4.79 Å². The van der Waals surface area contributed by atoms with Gasteiger partial charge in [0.15, 0.2) is 0 Å². The van der Waals surface area contributed by atoms with Gasteiger partial charge in [0, 0.05) is 12.8 Å². The van der Waals surface area contributed by atoms with Gasteiger partial charge in [0.2, 0.25) is 0 Å². The molecule has 0 saturated carbocycles. The molecule has 1 N–H and O–H groups in total. The normalized spacial score (nSPS) is 24.2. The van der Waals surface area contributed by atoms with Gasteiger partial charge in [-0.05, 0) is 23.3 Å². The molecule has 3 rings (SSSR count). The summed E-state index contributed by atoms with van der Waals surface area (Å²) in [5.74, 6) is -0.372. The second-order valence-electron chi connectivity index (χ2n) is 5.77. The Balaban J connectivity index is 1.83. The third-order valence-corrected chi connectivity index (χ3v) is 4.15. The van der Waals surface area contributed by atoms with Crippen molar-refractivity contribution in [2.75, 3.05) is 7.11 Å². The molecule has 4 heteroatoms. The Hall–Kier alpha value is -2.17. The Morgan fingerprint density at radius 2 is 1.70 bits per heavy atom. The van der Waals surface area contributed by atoms with Crippen LogP contribution in [0.5, 0.6) is 0 Å². The SMILES string of the molecule is COC(=O)c1cccc([C@H]2CC(O)C[C@@H](c3ccccc3)O2)c1. The summed E-state index contributed by atoms with van der Waals surface area (Å²) in [6, 6.07) is 17.1. The number of esters is 1. The van der Waals surface area contributed by atoms with Crippen molar-refractivity contribution in [2.45, 2.75) is 31.2 Å². The highest BCUT2D eigenvalue weighted by Gasteiger charge is 2.30. The topological polar surface area (TPSA) is 55.8 Å². The van der Waals surface area contributed by atoms with Crippen LogP contribution in [0.15, 0.2) is 54.6 Å². The fraction of sp³-hybridized carbons (Fsp3) is 0.316. The van der Waals surface area contributed by atoms with Crippen LogP contribution in [0.3, 0.4) is 0 Å². The molecular formula is C19H20O4. The standard InChI is InChI=1S/C19H20O4/c1-22-19(21)15-9-5-8-14(10-15)18-12-16(20)11-17(23-18)13-6-3-2-4-7-13/h2-10,16-18,20H,11-12H2,1H3/t16?,17-,18+/m0/s1. The fourth-order valence-corrected chi connectivity index (χ4v) is 2.98. The summed E-state index contributed by atoms with van der Waals surface area (Å²) in [6.07, 6.45) is 0.284. The van der Waals surface area contributed by atoms with E-state index in [2.05, 4.69) is 0 Å². The minimum atomic E-state index is -0.430. The van der Waals surface area contributed by atoms with Gasteiger partial charge >= 0.3 is 5.97 Å². The molecule has 4 nitrogen and oxygen atoms in total. The van der Waals surface area contributed by atoms with E-state index in [9.17, 15) is 9.90 Å². The van der Waals surface area contributed by atoms with Gasteiger partial charge in [0.05, 0.1) is 31.0 Å². The van der Waals surface area contributed by atoms with Crippen molar-refractivity contribution in [3.63, 3.8) is 0 Å². The average Bonchev–Trinajstić information content (AvgIpc) is 2.61. The van der Waals surface area contributed by atoms with Crippen LogP contribution in [0.4, 0.5) is 0 Å². The van der Waals surface area contributed by atoms with Crippen molar-refractivity contribution in [2.24, 2.45) is 0 Å². The highest BCUT2D eigenvalue weighted by molar-refractivity contribution is 5.89. The van der Waals surface area contributed by atoms with Crippen LogP contribution in [0.1, 0.15) is 46.5 Å². The quantitative estimate of drug-likeness (QED) is 0.882. The van der Waals surface area contributed by atoms with E-state index in [0.717, 1.165) is 11.1 Å². The molecule has 120 valence electrons. The van der Waals surface area contributed by atoms with Crippen LogP contribution in [0, 0.1) is 0 Å². The summed E-state index contributed by atoms with van der Waals surface area (Å²) in [5.41, 5.74) is 2.43. The molecule has 1 heterocycles. The maximum absolute atomic E-state index is 11.7. The molecule has 1 unspecified atom stereocenters. The van der Waals surface area contributed by atoms with Crippen molar-refractivity contribution in [1.82, 2.24) is 0 Å². The first-order chi connectivity index (χ1) is 11.2. The second-order valence-corrected chi connectivity index (χ2v) is 5.77. The van der Waals surface area contributed by atoms with Crippen molar-refractivity contribution < 1.29 is 19.4 Å². The van der Waals surface area contributed by atoms with Gasteiger partial charge in [0.25, 0.3) is 0 Å². The van der Waals surface area contributed by atoms with E-state index in [1.807, 2.05) is 42.5 Å². The molecule has 0 amide bonds. The lowest BCUT2D eigenvalue weighted by atomic mass is 9.92. The van der Waals surface area contributed by atoms with Gasteiger partial charge in [-0.2, -0.15) is 0 Å². The van der Waals surface area contributed by atoms with Crippen LogP contribution < -0.4 is 0 Å². The number of ether oxygens (including phenoxy) is 2. The molecule has 0 aromatic heterocycles. The lowest BCUT2D eigenvalue weighted by molar-refractivity contribution is -0.0998. The summed E-state index contributed by atoms with van der Waals surface area (Å²) in [6.45, 7) is 0. The van der Waals surface area contributed by atoms with E-state index in [1.165, 1.54) is 7.11 Å². The maximum atomic E-state index is 11.7. The number of rotatable bonds is 3. The Morgan fingerprint density at radius 3 is 2.39 bits per heavy atom. The number of aliphatic hydroxyl groups is 1. The molecule has 3 atom stereocenters. The second kappa shape index (κ2) is 6.94. The van der Waals surface area contributed by atoms with Gasteiger partial charge in [-0.3, -0.25) is 0 Å². The molecule has 23 heavy (non-hydrogen) atoms. The number of methoxy groups -OCH3 is 1. The van der Waals surface area contributed by atoms with Gasteiger partial charge in [-0.15, -0.1) is 0 Å². The molecule has 0 aliphatic carbocycles. The highest BCUT2D eigenvalue weighted by atomic mass is 16.5. The molecule has 2 aromatic rings. The van der Waals surface area contributed by atoms with E-state index in [4.69, 9.17) is 9.47 Å². The minimum absolute atomic E-state index is 0.147. The third-order valence-electron chi connectivity index (χ3n) is 4.15. The smallest absolute Gasteiger partial charge is 0.337 e. The van der Waals surface area contributed by atoms with Crippen LogP contribution >= 0.6 is 0 Å². The molecule has 0 radical (unpaired) electrons. The first-order valence-corrected chi connectivity index (χ1v) is 7.74. The third kappa shape index (κ3) is 3.60. The minimum Gasteiger partial charge on any atom is -0.465 e. The number of carbonyl (C=O) groups excluding carboxylic acids is 1. The molecule has 0 spiro atoms. The lowest BCUT2D eigenvalue weighted by Crippen LogP contribution is -2.26. The number of hydrogen-bond acceptors (Lipinski definition) is 4. The zero-order chi connectivity index (χ0) is 16.2. The van der Waals surface area contributed by atoms with E-state index < -0.39 is 6.10 Å². The van der Waals surface area contributed by atoms with Crippen molar-refractivity contribution in [1.29, 1.82) is 0 Å². The molecule has 0 bridgehead atoms. The fourth-order valence-electron chi connectivity index (χ4n) is 2.98. The highest BCUT2D eigenvalue weighted by Crippen LogP contribution is 2.38. The molecule has 1 aliphatic heterocycles. The zero-order valence-electron chi connectivity index (χ0n) is 13.0. The summed E-state index contributed by atoms with van der Waals surface area (Å²) in [7, 11) is 1.36. The Kier molecular flexibility index (Phi) is 4.74. The van der Waals surface area contributed by atoms with E-state index in [-0.39, 0.29) is 18.2 Å². The number of aliphatic hydroxyl groups excluding tert-OH is 1. The summed E-state index contributed by atoms with van der Waals surface area (Å²) >= 11 is 0. The van der Waals surface area contributed by atoms with Crippen LogP contribution in [-0.4, -0.2) is 24.3 Å². The largest absolute Gasteiger partial charge is 0.465 e. The van der Waals surface area contributed by atoms with Crippen LogP contribution in [0.2, 0.25) is 0 Å². The van der Waals surface area contributed by atoms with E-state index in [1.54, 1.807) is 12.1 Å². The molecule has 1 aliphatic rings. The lowest BCUT2D eigenvalue weighted by Gasteiger charge is -2.34. The van der Waals surface area contributed by atoms with Crippen molar-refractivity contribution >= 4 is 5.97 Å². The molecular weight excluding hydrogens is 292 g/mol. The maximum Gasteiger partial charge on any atom is 0.337 e. The zero-order valence-corrected chi connectivity index (χ0v) is 13.0. The number of benzene rings is 2. The van der Waals surface area contributed by atoms with Crippen molar-refractivity contribution in [3.8, 4) is 0 Å². The molecule has 2 aromatic carbocycles. The van der Waals surface area contributed by atoms with Crippen LogP contribution in [-0.2, 0) is 9.47 Å². The van der Waals surface area contributed by atoms with Gasteiger partial charge < -0.3 is 14.6 Å². The predicted molar refractivity (Wildman–Crippen MR) is 86.0 cm³/mol. The molecule has 1 fully saturated rings. The first-order valence-electron chi connectivity index (χ1n) is 7.74. The predicted octanol–water partition coefficient (Wildman–Crippen LogP) is 3.43. The summed E-state index contributed by atoms with van der Waals surface area (Å²) in [4.78, 5) is 11.7. The van der Waals surface area contributed by atoms with Gasteiger partial charge in [-0.1, -0.05) is 42.5 Å². The monoisotopic (exact) mass is 312 g/mol. The number of carbonyl (C=O) groups is 1. The van der Waals surface area contributed by atoms with E-state index >= 15 is 0 Å². The number of hydrogen-bond donors (Lipinski definition) is 1. The first kappa shape index (κ1) is 15.7. The Morgan fingerprint density at radius 1 is 1.04 bits per heavy atom. The summed E-state index contributed by atoms with van der Waals surface area (Å²) in [5, 5.41) is 10.2. The van der Waals surface area contributed by atoms with Gasteiger partial charge in [0.1, 0.15) is 0 Å². The average molecular weight is 312 g/mol. The Labute approximate surface area is 135 Å². The van der Waals surface area contributed by atoms with E-state index in [0.29, 0.717) is 18.4 Å². The Bertz CT molecular complexity index is 668. The van der Waals surface area contributed by atoms with Crippen LogP contribution in [0.25, 0.3) is 0 Å². The molecule has 1 saturated heterocycles.